The fraction of sp³-hybridized carbons (Fsp3) is 0.571. The summed E-state index contributed by atoms with van der Waals surface area (Å²) in [5, 5.41) is 0. The predicted molar refractivity (Wildman–Crippen MR) is 70.3 cm³/mol. The molecule has 1 unspecified atom stereocenters. The molecule has 0 saturated heterocycles. The van der Waals surface area contributed by atoms with Crippen LogP contribution in [0.25, 0.3) is 0 Å². The van der Waals surface area contributed by atoms with Gasteiger partial charge in [0.2, 0.25) is 0 Å². The van der Waals surface area contributed by atoms with Crippen molar-refractivity contribution in [2.45, 2.75) is 46.3 Å². The van der Waals surface area contributed by atoms with Crippen LogP contribution < -0.4 is 5.73 Å². The molecular formula is C14H24N2. The van der Waals surface area contributed by atoms with E-state index in [2.05, 4.69) is 50.9 Å². The van der Waals surface area contributed by atoms with E-state index in [1.165, 1.54) is 23.1 Å². The Bertz CT molecular complexity index is 334. The van der Waals surface area contributed by atoms with Crippen LogP contribution in [-0.4, -0.2) is 18.0 Å². The Morgan fingerprint density at radius 2 is 2.06 bits per heavy atom. The number of nitrogens with zero attached hydrogens (tertiary/aromatic N) is 1. The molecule has 2 nitrogen and oxygen atoms in total. The van der Waals surface area contributed by atoms with Crippen LogP contribution in [0.1, 0.15) is 37.0 Å². The van der Waals surface area contributed by atoms with Crippen molar-refractivity contribution in [3.05, 3.63) is 34.9 Å². The summed E-state index contributed by atoms with van der Waals surface area (Å²) >= 11 is 0. The molecule has 1 rings (SSSR count). The molecule has 1 atom stereocenters. The maximum atomic E-state index is 5.63. The highest BCUT2D eigenvalue weighted by molar-refractivity contribution is 5.30. The second kappa shape index (κ2) is 6.02. The number of nitrogens with two attached hydrogens (primary N) is 1. The molecule has 1 aromatic rings. The van der Waals surface area contributed by atoms with Gasteiger partial charge in [-0.15, -0.1) is 0 Å². The van der Waals surface area contributed by atoms with Crippen LogP contribution in [0.3, 0.4) is 0 Å². The lowest BCUT2D eigenvalue weighted by molar-refractivity contribution is 0.243. The normalized spacial score (nSPS) is 13.1. The van der Waals surface area contributed by atoms with Gasteiger partial charge in [0.1, 0.15) is 0 Å². The van der Waals surface area contributed by atoms with Crippen LogP contribution in [-0.2, 0) is 13.1 Å². The highest BCUT2D eigenvalue weighted by atomic mass is 15.1. The van der Waals surface area contributed by atoms with Crippen molar-refractivity contribution in [2.75, 3.05) is 7.05 Å². The van der Waals surface area contributed by atoms with Crippen molar-refractivity contribution >= 4 is 0 Å². The summed E-state index contributed by atoms with van der Waals surface area (Å²) in [6.07, 6.45) is 1.19. The third kappa shape index (κ3) is 3.32. The third-order valence-corrected chi connectivity index (χ3v) is 3.41. The van der Waals surface area contributed by atoms with Crippen molar-refractivity contribution in [3.63, 3.8) is 0 Å². The standard InChI is InChI=1S/C14H24N2/c1-5-12(3)16(4)10-14-7-6-13(9-15)8-11(14)2/h6-8,12H,5,9-10,15H2,1-4H3. The average molecular weight is 220 g/mol. The van der Waals surface area contributed by atoms with Crippen LogP contribution in [0, 0.1) is 6.92 Å². The maximum Gasteiger partial charge on any atom is 0.0236 e. The van der Waals surface area contributed by atoms with Gasteiger partial charge in [-0.2, -0.15) is 0 Å². The van der Waals surface area contributed by atoms with Crippen molar-refractivity contribution < 1.29 is 0 Å². The molecule has 2 heteroatoms. The monoisotopic (exact) mass is 220 g/mol. The van der Waals surface area contributed by atoms with Crippen molar-refractivity contribution in [3.8, 4) is 0 Å². The van der Waals surface area contributed by atoms with E-state index in [1.54, 1.807) is 0 Å². The fourth-order valence-electron chi connectivity index (χ4n) is 1.80. The average Bonchev–Trinajstić information content (AvgIpc) is 2.30. The third-order valence-electron chi connectivity index (χ3n) is 3.41. The first-order valence-corrected chi connectivity index (χ1v) is 6.07. The molecule has 2 N–H and O–H groups in total. The lowest BCUT2D eigenvalue weighted by Gasteiger charge is -2.24. The molecule has 0 spiro atoms. The number of rotatable bonds is 5. The van der Waals surface area contributed by atoms with E-state index >= 15 is 0 Å². The Morgan fingerprint density at radius 3 is 2.56 bits per heavy atom. The van der Waals surface area contributed by atoms with Gasteiger partial charge in [-0.1, -0.05) is 25.1 Å². The van der Waals surface area contributed by atoms with Gasteiger partial charge in [0, 0.05) is 19.1 Å². The molecule has 16 heavy (non-hydrogen) atoms. The quantitative estimate of drug-likeness (QED) is 0.826. The van der Waals surface area contributed by atoms with E-state index in [0.717, 1.165) is 6.54 Å². The number of benzene rings is 1. The minimum Gasteiger partial charge on any atom is -0.326 e. The highest BCUT2D eigenvalue weighted by Crippen LogP contribution is 2.14. The highest BCUT2D eigenvalue weighted by Gasteiger charge is 2.08. The summed E-state index contributed by atoms with van der Waals surface area (Å²) in [4.78, 5) is 2.39. The Balaban J connectivity index is 2.74. The van der Waals surface area contributed by atoms with Gasteiger partial charge in [-0.05, 0) is 44.0 Å². The molecule has 0 amide bonds. The van der Waals surface area contributed by atoms with Gasteiger partial charge < -0.3 is 5.73 Å². The lowest BCUT2D eigenvalue weighted by atomic mass is 10.0. The fourth-order valence-corrected chi connectivity index (χ4v) is 1.80. The minimum absolute atomic E-state index is 0.627. The Labute approximate surface area is 99.5 Å². The first-order valence-electron chi connectivity index (χ1n) is 6.07. The van der Waals surface area contributed by atoms with Gasteiger partial charge >= 0.3 is 0 Å². The SMILES string of the molecule is CCC(C)N(C)Cc1ccc(CN)cc1C. The molecule has 0 fully saturated rings. The first-order chi connectivity index (χ1) is 7.58. The van der Waals surface area contributed by atoms with Gasteiger partial charge in [-0.3, -0.25) is 4.90 Å². The molecule has 0 bridgehead atoms. The molecule has 0 saturated carbocycles. The van der Waals surface area contributed by atoms with E-state index in [-0.39, 0.29) is 0 Å². The predicted octanol–water partition coefficient (Wildman–Crippen LogP) is 2.68. The van der Waals surface area contributed by atoms with Crippen LogP contribution in [0.4, 0.5) is 0 Å². The second-order valence-electron chi connectivity index (χ2n) is 4.64. The zero-order valence-corrected chi connectivity index (χ0v) is 11.0. The molecule has 0 aromatic heterocycles. The van der Waals surface area contributed by atoms with Crippen molar-refractivity contribution in [2.24, 2.45) is 5.73 Å². The Hall–Kier alpha value is -0.860. The molecular weight excluding hydrogens is 196 g/mol. The van der Waals surface area contributed by atoms with Crippen LogP contribution in [0.5, 0.6) is 0 Å². The van der Waals surface area contributed by atoms with E-state index < -0.39 is 0 Å². The topological polar surface area (TPSA) is 29.3 Å². The van der Waals surface area contributed by atoms with E-state index in [1.807, 2.05) is 0 Å². The van der Waals surface area contributed by atoms with E-state index in [4.69, 9.17) is 5.73 Å². The molecule has 0 heterocycles. The molecule has 0 radical (unpaired) electrons. The van der Waals surface area contributed by atoms with Gasteiger partial charge in [0.15, 0.2) is 0 Å². The van der Waals surface area contributed by atoms with E-state index in [0.29, 0.717) is 12.6 Å². The summed E-state index contributed by atoms with van der Waals surface area (Å²) in [7, 11) is 2.18. The lowest BCUT2D eigenvalue weighted by Crippen LogP contribution is -2.28. The summed E-state index contributed by atoms with van der Waals surface area (Å²) in [5.74, 6) is 0. The van der Waals surface area contributed by atoms with Crippen LogP contribution in [0.15, 0.2) is 18.2 Å². The zero-order chi connectivity index (χ0) is 12.1. The molecule has 0 aliphatic rings. The number of hydrogen-bond donors (Lipinski definition) is 1. The molecule has 0 aliphatic heterocycles. The summed E-state index contributed by atoms with van der Waals surface area (Å²) in [6, 6.07) is 7.16. The number of aryl methyl sites for hydroxylation is 1. The molecule has 90 valence electrons. The van der Waals surface area contributed by atoms with Crippen molar-refractivity contribution in [1.82, 2.24) is 4.90 Å². The van der Waals surface area contributed by atoms with Gasteiger partial charge in [0.25, 0.3) is 0 Å². The second-order valence-corrected chi connectivity index (χ2v) is 4.64. The molecule has 1 aromatic carbocycles. The Morgan fingerprint density at radius 1 is 1.38 bits per heavy atom. The van der Waals surface area contributed by atoms with Crippen LogP contribution in [0.2, 0.25) is 0 Å². The summed E-state index contributed by atoms with van der Waals surface area (Å²) in [6.45, 7) is 8.31. The summed E-state index contributed by atoms with van der Waals surface area (Å²) in [5.41, 5.74) is 9.59. The Kier molecular flexibility index (Phi) is 4.97. The van der Waals surface area contributed by atoms with E-state index in [9.17, 15) is 0 Å². The maximum absolute atomic E-state index is 5.63. The van der Waals surface area contributed by atoms with Crippen LogP contribution >= 0.6 is 0 Å². The van der Waals surface area contributed by atoms with Gasteiger partial charge in [0.05, 0.1) is 0 Å². The smallest absolute Gasteiger partial charge is 0.0236 e. The van der Waals surface area contributed by atoms with Crippen molar-refractivity contribution in [1.29, 1.82) is 0 Å². The minimum atomic E-state index is 0.627. The summed E-state index contributed by atoms with van der Waals surface area (Å²) < 4.78 is 0. The first kappa shape index (κ1) is 13.2. The number of hydrogen-bond acceptors (Lipinski definition) is 2. The van der Waals surface area contributed by atoms with Gasteiger partial charge in [-0.25, -0.2) is 0 Å². The molecule has 0 aliphatic carbocycles. The zero-order valence-electron chi connectivity index (χ0n) is 11.0. The largest absolute Gasteiger partial charge is 0.326 e.